The van der Waals surface area contributed by atoms with Crippen molar-refractivity contribution >= 4 is 0 Å². The number of ether oxygens (including phenoxy) is 1. The SMILES string of the molecule is COCCCCCCn1ccnc1. The lowest BCUT2D eigenvalue weighted by atomic mass is 10.2. The van der Waals surface area contributed by atoms with E-state index < -0.39 is 0 Å². The second kappa shape index (κ2) is 6.66. The van der Waals surface area contributed by atoms with Crippen molar-refractivity contribution in [2.24, 2.45) is 0 Å². The van der Waals surface area contributed by atoms with Gasteiger partial charge in [0.1, 0.15) is 0 Å². The van der Waals surface area contributed by atoms with Crippen LogP contribution in [-0.4, -0.2) is 23.3 Å². The number of imidazole rings is 1. The van der Waals surface area contributed by atoms with E-state index in [1.165, 1.54) is 25.7 Å². The Morgan fingerprint density at radius 2 is 2.08 bits per heavy atom. The third-order valence-corrected chi connectivity index (χ3v) is 2.07. The summed E-state index contributed by atoms with van der Waals surface area (Å²) in [7, 11) is 1.76. The molecule has 0 unspecified atom stereocenters. The Kier molecular flexibility index (Phi) is 5.25. The van der Waals surface area contributed by atoms with E-state index in [2.05, 4.69) is 9.55 Å². The van der Waals surface area contributed by atoms with Crippen LogP contribution in [0.1, 0.15) is 25.7 Å². The lowest BCUT2D eigenvalue weighted by Crippen LogP contribution is -1.95. The van der Waals surface area contributed by atoms with E-state index in [9.17, 15) is 0 Å². The number of rotatable bonds is 7. The molecule has 0 amide bonds. The van der Waals surface area contributed by atoms with Crippen LogP contribution in [0.15, 0.2) is 18.7 Å². The van der Waals surface area contributed by atoms with Crippen molar-refractivity contribution in [3.63, 3.8) is 0 Å². The van der Waals surface area contributed by atoms with E-state index >= 15 is 0 Å². The third-order valence-electron chi connectivity index (χ3n) is 2.07. The molecule has 0 N–H and O–H groups in total. The Balaban J connectivity index is 1.90. The van der Waals surface area contributed by atoms with Crippen LogP contribution >= 0.6 is 0 Å². The number of methoxy groups -OCH3 is 1. The van der Waals surface area contributed by atoms with Gasteiger partial charge in [-0.15, -0.1) is 0 Å². The van der Waals surface area contributed by atoms with Crippen molar-refractivity contribution in [3.8, 4) is 0 Å². The number of hydrogen-bond donors (Lipinski definition) is 0. The van der Waals surface area contributed by atoms with Gasteiger partial charge in [-0.2, -0.15) is 0 Å². The molecule has 0 saturated carbocycles. The number of unbranched alkanes of at least 4 members (excludes halogenated alkanes) is 3. The number of hydrogen-bond acceptors (Lipinski definition) is 2. The van der Waals surface area contributed by atoms with Crippen LogP contribution in [0, 0.1) is 0 Å². The summed E-state index contributed by atoms with van der Waals surface area (Å²) in [5.74, 6) is 0. The molecule has 0 fully saturated rings. The molecule has 3 nitrogen and oxygen atoms in total. The summed E-state index contributed by atoms with van der Waals surface area (Å²) >= 11 is 0. The Hall–Kier alpha value is -0.830. The highest BCUT2D eigenvalue weighted by Gasteiger charge is 1.91. The third kappa shape index (κ3) is 4.68. The zero-order chi connectivity index (χ0) is 9.36. The fourth-order valence-corrected chi connectivity index (χ4v) is 1.31. The van der Waals surface area contributed by atoms with Crippen LogP contribution in [0.4, 0.5) is 0 Å². The summed E-state index contributed by atoms with van der Waals surface area (Å²) in [6, 6.07) is 0. The lowest BCUT2D eigenvalue weighted by molar-refractivity contribution is 0.192. The highest BCUT2D eigenvalue weighted by molar-refractivity contribution is 4.73. The van der Waals surface area contributed by atoms with Crippen molar-refractivity contribution in [2.45, 2.75) is 32.2 Å². The van der Waals surface area contributed by atoms with Gasteiger partial charge in [0, 0.05) is 32.7 Å². The van der Waals surface area contributed by atoms with Gasteiger partial charge in [-0.05, 0) is 12.8 Å². The summed E-state index contributed by atoms with van der Waals surface area (Å²) in [4.78, 5) is 3.99. The molecule has 3 heteroatoms. The Morgan fingerprint density at radius 3 is 2.77 bits per heavy atom. The largest absolute Gasteiger partial charge is 0.385 e. The number of aromatic nitrogens is 2. The van der Waals surface area contributed by atoms with Gasteiger partial charge < -0.3 is 9.30 Å². The first-order chi connectivity index (χ1) is 6.43. The maximum atomic E-state index is 4.98. The first-order valence-electron chi connectivity index (χ1n) is 4.88. The van der Waals surface area contributed by atoms with E-state index in [1.807, 2.05) is 18.7 Å². The molecule has 0 spiro atoms. The monoisotopic (exact) mass is 182 g/mol. The average molecular weight is 182 g/mol. The van der Waals surface area contributed by atoms with Gasteiger partial charge in [-0.3, -0.25) is 0 Å². The minimum Gasteiger partial charge on any atom is -0.385 e. The van der Waals surface area contributed by atoms with Crippen molar-refractivity contribution in [1.29, 1.82) is 0 Å². The van der Waals surface area contributed by atoms with Crippen LogP contribution < -0.4 is 0 Å². The molecule has 0 saturated heterocycles. The van der Waals surface area contributed by atoms with Crippen LogP contribution in [0.2, 0.25) is 0 Å². The average Bonchev–Trinajstić information content (AvgIpc) is 2.63. The molecule has 1 aromatic rings. The van der Waals surface area contributed by atoms with Crippen molar-refractivity contribution < 1.29 is 4.74 Å². The molecule has 1 rings (SSSR count). The predicted octanol–water partition coefficient (Wildman–Crippen LogP) is 2.09. The smallest absolute Gasteiger partial charge is 0.0945 e. The lowest BCUT2D eigenvalue weighted by Gasteiger charge is -2.01. The van der Waals surface area contributed by atoms with Gasteiger partial charge in [-0.1, -0.05) is 12.8 Å². The van der Waals surface area contributed by atoms with E-state index in [0.29, 0.717) is 0 Å². The first-order valence-corrected chi connectivity index (χ1v) is 4.88. The topological polar surface area (TPSA) is 27.1 Å². The molecular formula is C10H18N2O. The molecule has 0 radical (unpaired) electrons. The molecule has 0 aromatic carbocycles. The summed E-state index contributed by atoms with van der Waals surface area (Å²) < 4.78 is 7.10. The van der Waals surface area contributed by atoms with E-state index in [0.717, 1.165) is 13.2 Å². The minimum absolute atomic E-state index is 0.894. The molecular weight excluding hydrogens is 164 g/mol. The van der Waals surface area contributed by atoms with Crippen molar-refractivity contribution in [3.05, 3.63) is 18.7 Å². The Morgan fingerprint density at radius 1 is 1.23 bits per heavy atom. The van der Waals surface area contributed by atoms with Crippen LogP contribution in [-0.2, 0) is 11.3 Å². The molecule has 0 aliphatic carbocycles. The second-order valence-corrected chi connectivity index (χ2v) is 3.21. The van der Waals surface area contributed by atoms with Crippen LogP contribution in [0.3, 0.4) is 0 Å². The predicted molar refractivity (Wildman–Crippen MR) is 52.6 cm³/mol. The molecule has 0 atom stereocenters. The van der Waals surface area contributed by atoms with Gasteiger partial charge in [0.15, 0.2) is 0 Å². The molecule has 13 heavy (non-hydrogen) atoms. The van der Waals surface area contributed by atoms with Crippen molar-refractivity contribution in [2.75, 3.05) is 13.7 Å². The molecule has 1 aromatic heterocycles. The standard InChI is InChI=1S/C10H18N2O/c1-13-9-5-3-2-4-7-12-8-6-11-10-12/h6,8,10H,2-5,7,9H2,1H3. The van der Waals surface area contributed by atoms with Gasteiger partial charge in [0.05, 0.1) is 6.33 Å². The highest BCUT2D eigenvalue weighted by atomic mass is 16.5. The molecule has 0 aliphatic heterocycles. The molecule has 0 bridgehead atoms. The maximum absolute atomic E-state index is 4.98. The maximum Gasteiger partial charge on any atom is 0.0945 e. The molecule has 74 valence electrons. The molecule has 1 heterocycles. The minimum atomic E-state index is 0.894. The van der Waals surface area contributed by atoms with Gasteiger partial charge >= 0.3 is 0 Å². The fourth-order valence-electron chi connectivity index (χ4n) is 1.31. The van der Waals surface area contributed by atoms with Crippen molar-refractivity contribution in [1.82, 2.24) is 9.55 Å². The summed E-state index contributed by atoms with van der Waals surface area (Å²) in [6.07, 6.45) is 10.7. The first kappa shape index (κ1) is 10.3. The summed E-state index contributed by atoms with van der Waals surface area (Å²) in [5, 5.41) is 0. The summed E-state index contributed by atoms with van der Waals surface area (Å²) in [6.45, 7) is 1.98. The van der Waals surface area contributed by atoms with Gasteiger partial charge in [-0.25, -0.2) is 4.98 Å². The van der Waals surface area contributed by atoms with E-state index in [-0.39, 0.29) is 0 Å². The zero-order valence-corrected chi connectivity index (χ0v) is 8.28. The Labute approximate surface area is 79.7 Å². The Bertz CT molecular complexity index is 197. The van der Waals surface area contributed by atoms with Crippen LogP contribution in [0.5, 0.6) is 0 Å². The summed E-state index contributed by atoms with van der Waals surface area (Å²) in [5.41, 5.74) is 0. The normalized spacial score (nSPS) is 10.5. The number of nitrogens with zero attached hydrogens (tertiary/aromatic N) is 2. The number of aryl methyl sites for hydroxylation is 1. The van der Waals surface area contributed by atoms with Gasteiger partial charge in [0.25, 0.3) is 0 Å². The van der Waals surface area contributed by atoms with Gasteiger partial charge in [0.2, 0.25) is 0 Å². The van der Waals surface area contributed by atoms with Crippen LogP contribution in [0.25, 0.3) is 0 Å². The van der Waals surface area contributed by atoms with E-state index in [4.69, 9.17) is 4.74 Å². The zero-order valence-electron chi connectivity index (χ0n) is 8.28. The quantitative estimate of drug-likeness (QED) is 0.604. The van der Waals surface area contributed by atoms with E-state index in [1.54, 1.807) is 7.11 Å². The highest BCUT2D eigenvalue weighted by Crippen LogP contribution is 2.01. The second-order valence-electron chi connectivity index (χ2n) is 3.21. The molecule has 0 aliphatic rings. The fraction of sp³-hybridized carbons (Fsp3) is 0.700.